The van der Waals surface area contributed by atoms with Gasteiger partial charge in [0, 0.05) is 18.5 Å². The molecule has 33 heavy (non-hydrogen) atoms. The van der Waals surface area contributed by atoms with Gasteiger partial charge in [-0.2, -0.15) is 0 Å². The molecule has 0 aromatic heterocycles. The summed E-state index contributed by atoms with van der Waals surface area (Å²) < 4.78 is 11.8. The fourth-order valence-corrected chi connectivity index (χ4v) is 7.91. The van der Waals surface area contributed by atoms with Crippen molar-refractivity contribution in [3.8, 4) is 0 Å². The van der Waals surface area contributed by atoms with E-state index in [2.05, 4.69) is 57.3 Å². The van der Waals surface area contributed by atoms with Gasteiger partial charge in [-0.15, -0.1) is 0 Å². The number of carbonyl (C=O) groups is 1. The molecule has 5 heteroatoms. The second kappa shape index (κ2) is 8.21. The molecule has 3 fully saturated rings. The minimum absolute atomic E-state index is 0.0726. The zero-order valence-corrected chi connectivity index (χ0v) is 20.5. The smallest absolute Gasteiger partial charge is 0.336 e. The number of aliphatic hydroxyl groups is 1. The monoisotopic (exact) mass is 453 g/mol. The van der Waals surface area contributed by atoms with E-state index < -0.39 is 0 Å². The van der Waals surface area contributed by atoms with Crippen LogP contribution in [0.1, 0.15) is 64.0 Å². The Morgan fingerprint density at radius 1 is 1.12 bits per heavy atom. The van der Waals surface area contributed by atoms with E-state index in [-0.39, 0.29) is 34.6 Å². The Labute approximate surface area is 197 Å². The van der Waals surface area contributed by atoms with Gasteiger partial charge >= 0.3 is 5.97 Å². The van der Waals surface area contributed by atoms with Gasteiger partial charge in [0.15, 0.2) is 0 Å². The van der Waals surface area contributed by atoms with Gasteiger partial charge in [0.2, 0.25) is 0 Å². The summed E-state index contributed by atoms with van der Waals surface area (Å²) in [5, 5.41) is 15.0. The molecule has 180 valence electrons. The van der Waals surface area contributed by atoms with Crippen LogP contribution in [0.5, 0.6) is 0 Å². The molecule has 2 N–H and O–H groups in total. The number of cyclic esters (lactones) is 1. The minimum atomic E-state index is -0.310. The molecule has 2 saturated carbocycles. The van der Waals surface area contributed by atoms with E-state index in [1.807, 2.05) is 6.08 Å². The molecule has 5 nitrogen and oxygen atoms in total. The standard InChI is InChI=1S/C28H39NO4/c1-18-7-5-6-8-19(18)16-29-17-27(3)22-9-13-28(4)23(26(22,2)12-10-24(27)30)15-21(33-28)20-11-14-32-25(20)31/h5-8,11,21-24,29-30H,9-10,12-17H2,1-4H3/t21-,22-,23-,24+,26+,27-,28+/m0/s1. The van der Waals surface area contributed by atoms with E-state index in [4.69, 9.17) is 9.47 Å². The first-order valence-corrected chi connectivity index (χ1v) is 12.7. The van der Waals surface area contributed by atoms with E-state index in [0.717, 1.165) is 45.2 Å². The maximum atomic E-state index is 12.2. The molecule has 0 amide bonds. The highest BCUT2D eigenvalue weighted by atomic mass is 16.5. The highest BCUT2D eigenvalue weighted by molar-refractivity contribution is 5.91. The van der Waals surface area contributed by atoms with E-state index in [9.17, 15) is 9.90 Å². The molecule has 4 aliphatic rings. The second-order valence-corrected chi connectivity index (χ2v) is 11.7. The van der Waals surface area contributed by atoms with Crippen molar-refractivity contribution in [2.75, 3.05) is 13.2 Å². The molecule has 2 aliphatic heterocycles. The Morgan fingerprint density at radius 3 is 2.64 bits per heavy atom. The number of hydrogen-bond acceptors (Lipinski definition) is 5. The lowest BCUT2D eigenvalue weighted by Gasteiger charge is -2.62. The summed E-state index contributed by atoms with van der Waals surface area (Å²) in [4.78, 5) is 12.2. The molecule has 1 aromatic carbocycles. The van der Waals surface area contributed by atoms with Gasteiger partial charge in [-0.3, -0.25) is 0 Å². The molecule has 7 atom stereocenters. The maximum Gasteiger partial charge on any atom is 0.336 e. The van der Waals surface area contributed by atoms with Gasteiger partial charge in [-0.1, -0.05) is 38.1 Å². The van der Waals surface area contributed by atoms with Crippen molar-refractivity contribution >= 4 is 5.97 Å². The van der Waals surface area contributed by atoms with Gasteiger partial charge < -0.3 is 19.9 Å². The molecular formula is C28H39NO4. The molecule has 2 aliphatic carbocycles. The normalized spacial score (nSPS) is 42.5. The number of ether oxygens (including phenoxy) is 2. The predicted octanol–water partition coefficient (Wildman–Crippen LogP) is 4.31. The highest BCUT2D eigenvalue weighted by Crippen LogP contribution is 2.66. The van der Waals surface area contributed by atoms with Gasteiger partial charge in [0.05, 0.1) is 23.4 Å². The fourth-order valence-electron chi connectivity index (χ4n) is 7.91. The summed E-state index contributed by atoms with van der Waals surface area (Å²) in [7, 11) is 0. The average molecular weight is 454 g/mol. The van der Waals surface area contributed by atoms with Crippen LogP contribution in [0.3, 0.4) is 0 Å². The fraction of sp³-hybridized carbons (Fsp3) is 0.679. The Morgan fingerprint density at radius 2 is 1.91 bits per heavy atom. The topological polar surface area (TPSA) is 67.8 Å². The first-order valence-electron chi connectivity index (χ1n) is 12.7. The molecule has 5 rings (SSSR count). The van der Waals surface area contributed by atoms with Crippen LogP contribution >= 0.6 is 0 Å². The number of aryl methyl sites for hydroxylation is 1. The number of nitrogens with one attached hydrogen (secondary N) is 1. The lowest BCUT2D eigenvalue weighted by molar-refractivity contribution is -0.186. The van der Waals surface area contributed by atoms with E-state index >= 15 is 0 Å². The SMILES string of the molecule is Cc1ccccc1CNC[C@@]1(C)[C@H]2CC[C@@]3(C)O[C@H](C4=CCOC4=O)C[C@H]3[C@]2(C)CC[C@H]1O. The number of aliphatic hydroxyl groups excluding tert-OH is 1. The molecule has 0 radical (unpaired) electrons. The average Bonchev–Trinajstić information content (AvgIpc) is 3.36. The van der Waals surface area contributed by atoms with Crippen molar-refractivity contribution in [3.05, 3.63) is 47.0 Å². The second-order valence-electron chi connectivity index (χ2n) is 11.7. The van der Waals surface area contributed by atoms with Crippen molar-refractivity contribution < 1.29 is 19.4 Å². The van der Waals surface area contributed by atoms with Crippen LogP contribution in [0.2, 0.25) is 0 Å². The van der Waals surface area contributed by atoms with Crippen molar-refractivity contribution in [1.82, 2.24) is 5.32 Å². The van der Waals surface area contributed by atoms with Crippen LogP contribution in [0.25, 0.3) is 0 Å². The Bertz CT molecular complexity index is 959. The number of fused-ring (bicyclic) bond motifs is 3. The Kier molecular flexibility index (Phi) is 5.74. The van der Waals surface area contributed by atoms with Crippen LogP contribution in [0.4, 0.5) is 0 Å². The van der Waals surface area contributed by atoms with Crippen molar-refractivity contribution in [2.24, 2.45) is 22.7 Å². The van der Waals surface area contributed by atoms with Gasteiger partial charge in [-0.25, -0.2) is 4.79 Å². The Balaban J connectivity index is 1.36. The van der Waals surface area contributed by atoms with Gasteiger partial charge in [0.25, 0.3) is 0 Å². The van der Waals surface area contributed by atoms with E-state index in [1.54, 1.807) is 0 Å². The minimum Gasteiger partial charge on any atom is -0.458 e. The van der Waals surface area contributed by atoms with Crippen LogP contribution in [0, 0.1) is 29.6 Å². The lowest BCUT2D eigenvalue weighted by Crippen LogP contribution is -2.62. The number of esters is 1. The molecule has 0 spiro atoms. The summed E-state index contributed by atoms with van der Waals surface area (Å²) in [5.74, 6) is 0.558. The Hall–Kier alpha value is -1.69. The summed E-state index contributed by atoms with van der Waals surface area (Å²) >= 11 is 0. The van der Waals surface area contributed by atoms with Crippen molar-refractivity contribution in [1.29, 1.82) is 0 Å². The summed E-state index contributed by atoms with van der Waals surface area (Å²) in [6.07, 6.45) is 6.13. The van der Waals surface area contributed by atoms with Crippen LogP contribution < -0.4 is 5.32 Å². The third-order valence-electron chi connectivity index (χ3n) is 9.82. The zero-order valence-electron chi connectivity index (χ0n) is 20.5. The van der Waals surface area contributed by atoms with E-state index in [1.165, 1.54) is 11.1 Å². The molecule has 1 saturated heterocycles. The van der Waals surface area contributed by atoms with Gasteiger partial charge in [-0.05, 0) is 80.4 Å². The maximum absolute atomic E-state index is 12.2. The summed E-state index contributed by atoms with van der Waals surface area (Å²) in [6, 6.07) is 8.50. The van der Waals surface area contributed by atoms with Crippen LogP contribution in [0.15, 0.2) is 35.9 Å². The third kappa shape index (κ3) is 3.67. The first-order chi connectivity index (χ1) is 15.7. The van der Waals surface area contributed by atoms with Gasteiger partial charge in [0.1, 0.15) is 6.61 Å². The molecule has 0 bridgehead atoms. The lowest BCUT2D eigenvalue weighted by atomic mass is 9.44. The number of carbonyl (C=O) groups excluding carboxylic acids is 1. The molecule has 0 unspecified atom stereocenters. The van der Waals surface area contributed by atoms with Crippen molar-refractivity contribution in [2.45, 2.75) is 84.2 Å². The van der Waals surface area contributed by atoms with Crippen LogP contribution in [-0.4, -0.2) is 42.0 Å². The summed E-state index contributed by atoms with van der Waals surface area (Å²) in [5.41, 5.74) is 2.98. The van der Waals surface area contributed by atoms with E-state index in [0.29, 0.717) is 24.0 Å². The quantitative estimate of drug-likeness (QED) is 0.651. The number of benzene rings is 1. The zero-order chi connectivity index (χ0) is 23.4. The first kappa shape index (κ1) is 23.1. The molecule has 1 aromatic rings. The molecular weight excluding hydrogens is 414 g/mol. The van der Waals surface area contributed by atoms with Crippen molar-refractivity contribution in [3.63, 3.8) is 0 Å². The number of hydrogen-bond donors (Lipinski definition) is 2. The molecule has 2 heterocycles. The highest BCUT2D eigenvalue weighted by Gasteiger charge is 2.65. The largest absolute Gasteiger partial charge is 0.458 e. The summed E-state index contributed by atoms with van der Waals surface area (Å²) in [6.45, 7) is 11.1. The third-order valence-corrected chi connectivity index (χ3v) is 9.82. The predicted molar refractivity (Wildman–Crippen MR) is 127 cm³/mol. The number of rotatable bonds is 5. The van der Waals surface area contributed by atoms with Crippen LogP contribution in [-0.2, 0) is 20.8 Å².